The van der Waals surface area contributed by atoms with Crippen LogP contribution in [0.1, 0.15) is 32.1 Å². The van der Waals surface area contributed by atoms with Gasteiger partial charge in [0.1, 0.15) is 11.4 Å². The summed E-state index contributed by atoms with van der Waals surface area (Å²) in [6, 6.07) is 3.52. The summed E-state index contributed by atoms with van der Waals surface area (Å²) in [6.45, 7) is 5.71. The Morgan fingerprint density at radius 3 is 2.37 bits per heavy atom. The molecule has 27 heavy (non-hydrogen) atoms. The van der Waals surface area contributed by atoms with Crippen molar-refractivity contribution in [2.75, 3.05) is 50.0 Å². The van der Waals surface area contributed by atoms with Gasteiger partial charge < -0.3 is 15.4 Å². The van der Waals surface area contributed by atoms with Crippen molar-refractivity contribution in [3.8, 4) is 0 Å². The molecule has 0 bridgehead atoms. The molecule has 1 aromatic carbocycles. The molecule has 0 unspecified atom stereocenters. The van der Waals surface area contributed by atoms with Gasteiger partial charge in [-0.25, -0.2) is 0 Å². The first kappa shape index (κ1) is 19.5. The van der Waals surface area contributed by atoms with Crippen LogP contribution in [0.4, 0.5) is 17.1 Å². The molecule has 0 atom stereocenters. The zero-order valence-electron chi connectivity index (χ0n) is 15.7. The Morgan fingerprint density at radius 2 is 1.59 bits per heavy atom. The number of anilines is 3. The monoisotopic (exact) mass is 372 g/mol. The lowest BCUT2D eigenvalue weighted by molar-refractivity contribution is 0.0371. The number of morpholine rings is 1. The molecule has 7 nitrogen and oxygen atoms in total. The minimum Gasteiger partial charge on any atom is -0.380 e. The fraction of sp³-hybridized carbons (Fsp3) is 0.550. The summed E-state index contributed by atoms with van der Waals surface area (Å²) >= 11 is 0. The number of hydrogen-bond acceptors (Lipinski definition) is 7. The molecule has 1 aliphatic rings. The van der Waals surface area contributed by atoms with Crippen molar-refractivity contribution in [3.05, 3.63) is 45.0 Å². The Morgan fingerprint density at radius 1 is 0.926 bits per heavy atom. The lowest BCUT2D eigenvalue weighted by atomic mass is 10.1. The second-order valence-electron chi connectivity index (χ2n) is 6.92. The molecule has 2 heterocycles. The van der Waals surface area contributed by atoms with E-state index in [4.69, 9.17) is 4.74 Å². The molecule has 2 N–H and O–H groups in total. The number of pyridine rings is 1. The minimum absolute atomic E-state index is 0.358. The molecule has 1 aromatic heterocycles. The van der Waals surface area contributed by atoms with Gasteiger partial charge in [0.05, 0.1) is 13.2 Å². The van der Waals surface area contributed by atoms with Gasteiger partial charge in [-0.3, -0.25) is 19.5 Å². The Labute approximate surface area is 159 Å². The molecule has 7 heteroatoms. The van der Waals surface area contributed by atoms with Gasteiger partial charge in [0.15, 0.2) is 0 Å². The molecular weight excluding hydrogens is 344 g/mol. The molecule has 0 saturated carbocycles. The highest BCUT2D eigenvalue weighted by Gasteiger charge is 2.20. The molecule has 0 aliphatic carbocycles. The van der Waals surface area contributed by atoms with E-state index in [0.717, 1.165) is 51.4 Å². The van der Waals surface area contributed by atoms with Crippen molar-refractivity contribution in [2.24, 2.45) is 0 Å². The number of hydrogen-bond donors (Lipinski definition) is 2. The Kier molecular flexibility index (Phi) is 7.36. The number of nitrogens with one attached hydrogen (secondary N) is 2. The first-order valence-electron chi connectivity index (χ1n) is 9.80. The number of unbranched alkanes of at least 4 members (excludes halogenated alkanes) is 4. The van der Waals surface area contributed by atoms with Crippen LogP contribution in [0.15, 0.2) is 34.1 Å². The first-order valence-corrected chi connectivity index (χ1v) is 9.80. The molecule has 2 aromatic rings. The van der Waals surface area contributed by atoms with Crippen LogP contribution in [0.25, 0.3) is 0 Å². The van der Waals surface area contributed by atoms with Gasteiger partial charge in [0, 0.05) is 37.7 Å². The van der Waals surface area contributed by atoms with Gasteiger partial charge in [-0.1, -0.05) is 19.3 Å². The third-order valence-corrected chi connectivity index (χ3v) is 4.92. The van der Waals surface area contributed by atoms with Crippen LogP contribution >= 0.6 is 0 Å². The lowest BCUT2D eigenvalue weighted by Gasteiger charge is -2.26. The zero-order valence-corrected chi connectivity index (χ0v) is 15.7. The van der Waals surface area contributed by atoms with Crippen LogP contribution in [0.5, 0.6) is 0 Å². The van der Waals surface area contributed by atoms with Crippen LogP contribution < -0.4 is 21.5 Å². The Balaban J connectivity index is 1.30. The van der Waals surface area contributed by atoms with Gasteiger partial charge >= 0.3 is 0 Å². The molecule has 0 spiro atoms. The number of nitrogens with zero attached hydrogens (tertiary/aromatic N) is 2. The van der Waals surface area contributed by atoms with Crippen LogP contribution in [0.2, 0.25) is 0 Å². The van der Waals surface area contributed by atoms with Gasteiger partial charge in [0.25, 0.3) is 10.9 Å². The summed E-state index contributed by atoms with van der Waals surface area (Å²) < 4.78 is 5.36. The number of rotatable bonds is 11. The van der Waals surface area contributed by atoms with E-state index in [0.29, 0.717) is 17.9 Å². The third-order valence-electron chi connectivity index (χ3n) is 4.92. The average Bonchev–Trinajstić information content (AvgIpc) is 2.72. The predicted octanol–water partition coefficient (Wildman–Crippen LogP) is 2.12. The number of ether oxygens (including phenoxy) is 1. The minimum atomic E-state index is -0.461. The fourth-order valence-corrected chi connectivity index (χ4v) is 3.29. The largest absolute Gasteiger partial charge is 0.380 e. The Hall–Kier alpha value is -2.25. The fourth-order valence-electron chi connectivity index (χ4n) is 3.29. The zero-order chi connectivity index (χ0) is 18.9. The maximum absolute atomic E-state index is 11.8. The van der Waals surface area contributed by atoms with E-state index in [-0.39, 0.29) is 0 Å². The Bertz CT molecular complexity index is 765. The summed E-state index contributed by atoms with van der Waals surface area (Å²) in [5.41, 5.74) is 0.621. The van der Waals surface area contributed by atoms with E-state index in [1.54, 1.807) is 24.5 Å². The van der Waals surface area contributed by atoms with Crippen molar-refractivity contribution >= 4 is 17.1 Å². The predicted molar refractivity (Wildman–Crippen MR) is 108 cm³/mol. The van der Waals surface area contributed by atoms with E-state index in [9.17, 15) is 9.59 Å². The smallest absolute Gasteiger partial charge is 0.253 e. The summed E-state index contributed by atoms with van der Waals surface area (Å²) in [5.74, 6) is 0. The van der Waals surface area contributed by atoms with Gasteiger partial charge in [-0.2, -0.15) is 0 Å². The molecule has 3 rings (SSSR count). The van der Waals surface area contributed by atoms with Crippen molar-refractivity contribution in [2.45, 2.75) is 32.1 Å². The van der Waals surface area contributed by atoms with E-state index in [1.807, 2.05) is 0 Å². The second kappa shape index (κ2) is 10.2. The van der Waals surface area contributed by atoms with Crippen molar-refractivity contribution in [3.63, 3.8) is 0 Å². The maximum Gasteiger partial charge on any atom is 0.253 e. The normalized spacial score (nSPS) is 15.1. The van der Waals surface area contributed by atoms with Crippen LogP contribution in [0, 0.1) is 0 Å². The summed E-state index contributed by atoms with van der Waals surface area (Å²) in [6.07, 6.45) is 9.04. The van der Waals surface area contributed by atoms with Crippen molar-refractivity contribution in [1.29, 1.82) is 0 Å². The van der Waals surface area contributed by atoms with Crippen LogP contribution in [0.3, 0.4) is 0 Å². The number of aromatic nitrogens is 1. The van der Waals surface area contributed by atoms with Gasteiger partial charge in [-0.15, -0.1) is 0 Å². The molecule has 0 radical (unpaired) electrons. The van der Waals surface area contributed by atoms with Gasteiger partial charge in [-0.05, 0) is 31.5 Å². The molecular formula is C20H28N4O3. The third kappa shape index (κ3) is 5.61. The summed E-state index contributed by atoms with van der Waals surface area (Å²) in [7, 11) is 0. The lowest BCUT2D eigenvalue weighted by Crippen LogP contribution is -2.36. The standard InChI is InChI=1S/C20H28N4O3/c25-19-17(18(20(19)26)23-16-6-9-21-10-7-16)22-8-4-2-1-3-5-11-24-12-14-27-15-13-24/h6-7,9-10,22H,1-5,8,11-15H2,(H,21,23). The van der Waals surface area contributed by atoms with Crippen molar-refractivity contribution in [1.82, 2.24) is 9.88 Å². The first-order chi connectivity index (χ1) is 13.3. The van der Waals surface area contributed by atoms with Gasteiger partial charge in [0.2, 0.25) is 0 Å². The molecule has 0 amide bonds. The molecule has 1 fully saturated rings. The summed E-state index contributed by atoms with van der Waals surface area (Å²) in [4.78, 5) is 30.0. The van der Waals surface area contributed by atoms with E-state index >= 15 is 0 Å². The van der Waals surface area contributed by atoms with E-state index in [1.165, 1.54) is 19.3 Å². The highest BCUT2D eigenvalue weighted by molar-refractivity contribution is 5.78. The molecule has 1 aliphatic heterocycles. The second-order valence-corrected chi connectivity index (χ2v) is 6.92. The quantitative estimate of drug-likeness (QED) is 0.462. The van der Waals surface area contributed by atoms with Crippen LogP contribution in [-0.2, 0) is 4.74 Å². The van der Waals surface area contributed by atoms with Crippen molar-refractivity contribution < 1.29 is 4.74 Å². The van der Waals surface area contributed by atoms with E-state index < -0.39 is 10.9 Å². The highest BCUT2D eigenvalue weighted by atomic mass is 16.5. The topological polar surface area (TPSA) is 83.6 Å². The maximum atomic E-state index is 11.8. The highest BCUT2D eigenvalue weighted by Crippen LogP contribution is 2.20. The molecule has 1 saturated heterocycles. The SMILES string of the molecule is O=c1c(NCCCCCCCN2CCOCC2)c(Nc2ccncc2)c1=O. The average molecular weight is 372 g/mol. The van der Waals surface area contributed by atoms with E-state index in [2.05, 4.69) is 20.5 Å². The molecule has 146 valence electrons. The summed E-state index contributed by atoms with van der Waals surface area (Å²) in [5, 5.41) is 6.12. The van der Waals surface area contributed by atoms with Crippen LogP contribution in [-0.4, -0.2) is 49.3 Å².